The van der Waals surface area contributed by atoms with Crippen LogP contribution in [0.15, 0.2) is 66.7 Å². The van der Waals surface area contributed by atoms with Crippen LogP contribution >= 0.6 is 0 Å². The van der Waals surface area contributed by atoms with Crippen molar-refractivity contribution in [2.45, 2.75) is 19.3 Å². The Balaban J connectivity index is 1.36. The lowest BCUT2D eigenvalue weighted by Gasteiger charge is -2.27. The fraction of sp³-hybridized carbons (Fsp3) is 0.364. The molecule has 2 aliphatic rings. The van der Waals surface area contributed by atoms with Crippen LogP contribution in [0.2, 0.25) is 0 Å². The number of benzene rings is 3. The second kappa shape index (κ2) is 14.2. The highest BCUT2D eigenvalue weighted by Crippen LogP contribution is 2.30. The first-order valence-corrected chi connectivity index (χ1v) is 14.8. The predicted molar refractivity (Wildman–Crippen MR) is 164 cm³/mol. The molecular formula is C33H38FN5O4. The van der Waals surface area contributed by atoms with E-state index in [1.165, 1.54) is 24.3 Å². The number of halogens is 1. The number of carbonyl (C=O) groups is 3. The second-order valence-corrected chi connectivity index (χ2v) is 10.8. The van der Waals surface area contributed by atoms with Crippen LogP contribution in [0.3, 0.4) is 0 Å². The number of anilines is 2. The minimum Gasteiger partial charge on any atom is -0.497 e. The molecule has 0 unspecified atom stereocenters. The summed E-state index contributed by atoms with van der Waals surface area (Å²) in [5.74, 6) is -0.0578. The zero-order chi connectivity index (χ0) is 30.2. The van der Waals surface area contributed by atoms with Crippen LogP contribution in [-0.4, -0.2) is 87.0 Å². The summed E-state index contributed by atoms with van der Waals surface area (Å²) < 4.78 is 18.6. The minimum atomic E-state index is -0.380. The van der Waals surface area contributed by atoms with Crippen LogP contribution in [0.1, 0.15) is 39.1 Å². The van der Waals surface area contributed by atoms with Crippen LogP contribution in [0, 0.1) is 5.82 Å². The number of rotatable bonds is 7. The maximum atomic E-state index is 13.5. The third-order valence-corrected chi connectivity index (χ3v) is 7.88. The van der Waals surface area contributed by atoms with Crippen LogP contribution in [0.5, 0.6) is 5.75 Å². The fourth-order valence-electron chi connectivity index (χ4n) is 5.54. The van der Waals surface area contributed by atoms with E-state index in [1.54, 1.807) is 18.1 Å². The summed E-state index contributed by atoms with van der Waals surface area (Å²) >= 11 is 0. The molecule has 226 valence electrons. The highest BCUT2D eigenvalue weighted by Gasteiger charge is 2.24. The van der Waals surface area contributed by atoms with Gasteiger partial charge in [0.2, 0.25) is 5.91 Å². The van der Waals surface area contributed by atoms with Crippen LogP contribution in [-0.2, 0) is 11.2 Å². The quantitative estimate of drug-likeness (QED) is 0.437. The lowest BCUT2D eigenvalue weighted by Crippen LogP contribution is -2.35. The molecular weight excluding hydrogens is 549 g/mol. The van der Waals surface area contributed by atoms with Gasteiger partial charge in [-0.3, -0.25) is 14.4 Å². The monoisotopic (exact) mass is 587 g/mol. The summed E-state index contributed by atoms with van der Waals surface area (Å²) in [6, 6.07) is 18.4. The van der Waals surface area contributed by atoms with Crippen molar-refractivity contribution >= 4 is 29.1 Å². The molecule has 0 saturated carbocycles. The molecule has 0 aliphatic carbocycles. The largest absolute Gasteiger partial charge is 0.497 e. The van der Waals surface area contributed by atoms with Gasteiger partial charge in [0.1, 0.15) is 11.6 Å². The van der Waals surface area contributed by atoms with Crippen LogP contribution in [0.25, 0.3) is 0 Å². The number of ether oxygens (including phenoxy) is 1. The Kier molecular flexibility index (Phi) is 9.88. The highest BCUT2D eigenvalue weighted by atomic mass is 19.1. The zero-order valence-electron chi connectivity index (χ0n) is 24.5. The van der Waals surface area contributed by atoms with Crippen LogP contribution in [0.4, 0.5) is 15.8 Å². The van der Waals surface area contributed by atoms with Gasteiger partial charge in [-0.2, -0.15) is 0 Å². The smallest absolute Gasteiger partial charge is 0.253 e. The van der Waals surface area contributed by atoms with Gasteiger partial charge in [-0.25, -0.2) is 4.39 Å². The van der Waals surface area contributed by atoms with Crippen molar-refractivity contribution in [3.05, 3.63) is 89.2 Å². The summed E-state index contributed by atoms with van der Waals surface area (Å²) in [6.07, 6.45) is 1.77. The van der Waals surface area contributed by atoms with Crippen molar-refractivity contribution in [2.75, 3.05) is 69.7 Å². The first-order valence-electron chi connectivity index (χ1n) is 14.8. The zero-order valence-corrected chi connectivity index (χ0v) is 24.5. The van der Waals surface area contributed by atoms with E-state index in [1.807, 2.05) is 41.3 Å². The lowest BCUT2D eigenvalue weighted by molar-refractivity contribution is -0.115. The molecule has 9 nitrogen and oxygen atoms in total. The highest BCUT2D eigenvalue weighted by molar-refractivity contribution is 6.00. The predicted octanol–water partition coefficient (Wildman–Crippen LogP) is 3.80. The van der Waals surface area contributed by atoms with E-state index in [0.717, 1.165) is 36.5 Å². The van der Waals surface area contributed by atoms with Crippen molar-refractivity contribution < 1.29 is 23.5 Å². The first kappa shape index (κ1) is 30.0. The van der Waals surface area contributed by atoms with Gasteiger partial charge in [0.05, 0.1) is 24.9 Å². The van der Waals surface area contributed by atoms with E-state index in [4.69, 9.17) is 4.74 Å². The minimum absolute atomic E-state index is 0.0622. The number of carbonyl (C=O) groups excluding carboxylic acids is 3. The van der Waals surface area contributed by atoms with E-state index >= 15 is 0 Å². The van der Waals surface area contributed by atoms with Gasteiger partial charge in [0, 0.05) is 56.9 Å². The Labute approximate surface area is 251 Å². The molecule has 0 atom stereocenters. The molecule has 2 fully saturated rings. The number of nitrogens with one attached hydrogen (secondary N) is 2. The number of hydrogen-bond acceptors (Lipinski definition) is 6. The maximum absolute atomic E-state index is 13.5. The van der Waals surface area contributed by atoms with E-state index in [-0.39, 0.29) is 30.0 Å². The van der Waals surface area contributed by atoms with Gasteiger partial charge < -0.3 is 30.1 Å². The summed E-state index contributed by atoms with van der Waals surface area (Å²) in [4.78, 5) is 45.6. The standard InChI is InChI=1S/C33H38FN5O4/c1-43-28-11-4-24(5-12-28)22-31(40)36-29-23-26(33(42)38-16-2-14-35-15-19-38)8-13-30(29)37-17-3-18-39(21-20-37)32(41)25-6-9-27(34)10-7-25/h4-13,23,35H,2-3,14-22H2,1H3,(H,36,40). The Morgan fingerprint density at radius 2 is 1.49 bits per heavy atom. The number of amides is 3. The Bertz CT molecular complexity index is 1420. The van der Waals surface area contributed by atoms with Gasteiger partial charge in [-0.05, 0) is 79.5 Å². The molecule has 5 rings (SSSR count). The molecule has 2 heterocycles. The molecule has 2 aliphatic heterocycles. The Hall–Kier alpha value is -4.44. The average molecular weight is 588 g/mol. The van der Waals surface area contributed by atoms with E-state index in [2.05, 4.69) is 15.5 Å². The van der Waals surface area contributed by atoms with Gasteiger partial charge in [-0.1, -0.05) is 12.1 Å². The summed E-state index contributed by atoms with van der Waals surface area (Å²) in [6.45, 7) is 5.17. The summed E-state index contributed by atoms with van der Waals surface area (Å²) in [5, 5.41) is 6.39. The number of hydrogen-bond donors (Lipinski definition) is 2. The third kappa shape index (κ3) is 7.70. The molecule has 3 aromatic carbocycles. The Morgan fingerprint density at radius 3 is 2.26 bits per heavy atom. The SMILES string of the molecule is COc1ccc(CC(=O)Nc2cc(C(=O)N3CCCNCC3)ccc2N2CCCN(C(=O)c3ccc(F)cc3)CC2)cc1. The molecule has 3 aromatic rings. The number of methoxy groups -OCH3 is 1. The van der Waals surface area contributed by atoms with Crippen molar-refractivity contribution in [3.63, 3.8) is 0 Å². The second-order valence-electron chi connectivity index (χ2n) is 10.8. The van der Waals surface area contributed by atoms with Gasteiger partial charge >= 0.3 is 0 Å². The molecule has 0 bridgehead atoms. The Morgan fingerprint density at radius 1 is 0.791 bits per heavy atom. The molecule has 10 heteroatoms. The molecule has 0 aromatic heterocycles. The molecule has 43 heavy (non-hydrogen) atoms. The molecule has 3 amide bonds. The van der Waals surface area contributed by atoms with Crippen molar-refractivity contribution in [1.29, 1.82) is 0 Å². The molecule has 2 saturated heterocycles. The lowest BCUT2D eigenvalue weighted by atomic mass is 10.1. The third-order valence-electron chi connectivity index (χ3n) is 7.88. The van der Waals surface area contributed by atoms with Crippen molar-refractivity contribution in [2.24, 2.45) is 0 Å². The van der Waals surface area contributed by atoms with Gasteiger partial charge in [-0.15, -0.1) is 0 Å². The number of nitrogens with zero attached hydrogens (tertiary/aromatic N) is 3. The summed E-state index contributed by atoms with van der Waals surface area (Å²) in [7, 11) is 1.60. The van der Waals surface area contributed by atoms with E-state index in [9.17, 15) is 18.8 Å². The fourth-order valence-corrected chi connectivity index (χ4v) is 5.54. The van der Waals surface area contributed by atoms with E-state index < -0.39 is 0 Å². The molecule has 0 radical (unpaired) electrons. The van der Waals surface area contributed by atoms with Gasteiger partial charge in [0.15, 0.2) is 0 Å². The van der Waals surface area contributed by atoms with Crippen molar-refractivity contribution in [3.8, 4) is 5.75 Å². The average Bonchev–Trinajstić information content (AvgIpc) is 3.45. The molecule has 0 spiro atoms. The first-order chi connectivity index (χ1) is 20.9. The normalized spacial score (nSPS) is 15.8. The van der Waals surface area contributed by atoms with Crippen molar-refractivity contribution in [1.82, 2.24) is 15.1 Å². The molecule has 2 N–H and O–H groups in total. The van der Waals surface area contributed by atoms with Gasteiger partial charge in [0.25, 0.3) is 11.8 Å². The van der Waals surface area contributed by atoms with E-state index in [0.29, 0.717) is 62.5 Å². The maximum Gasteiger partial charge on any atom is 0.253 e. The van der Waals surface area contributed by atoms with Crippen LogP contribution < -0.4 is 20.3 Å². The summed E-state index contributed by atoms with van der Waals surface area (Å²) in [5.41, 5.74) is 3.18. The topological polar surface area (TPSA) is 94.2 Å².